The summed E-state index contributed by atoms with van der Waals surface area (Å²) < 4.78 is 36.7. The Labute approximate surface area is 106 Å². The number of benzene rings is 1. The Bertz CT molecular complexity index is 526. The maximum absolute atomic E-state index is 13.3. The summed E-state index contributed by atoms with van der Waals surface area (Å²) in [7, 11) is -3.65. The van der Waals surface area contributed by atoms with Gasteiger partial charge in [-0.15, -0.1) is 0 Å². The van der Waals surface area contributed by atoms with Crippen LogP contribution < -0.4 is 5.32 Å². The van der Waals surface area contributed by atoms with Gasteiger partial charge in [-0.1, -0.05) is 18.2 Å². The highest BCUT2D eigenvalue weighted by Crippen LogP contribution is 2.11. The van der Waals surface area contributed by atoms with Crippen molar-refractivity contribution in [3.63, 3.8) is 0 Å². The van der Waals surface area contributed by atoms with Crippen molar-refractivity contribution < 1.29 is 17.6 Å². The summed E-state index contributed by atoms with van der Waals surface area (Å²) >= 11 is 0. The van der Waals surface area contributed by atoms with E-state index in [1.165, 1.54) is 18.2 Å². The van der Waals surface area contributed by atoms with Crippen molar-refractivity contribution in [3.05, 3.63) is 35.6 Å². The van der Waals surface area contributed by atoms with Crippen LogP contribution in [0.3, 0.4) is 0 Å². The summed E-state index contributed by atoms with van der Waals surface area (Å²) in [6.07, 6.45) is 0. The number of hydrogen-bond donors (Lipinski definition) is 1. The monoisotopic (exact) mass is 273 g/mol. The van der Waals surface area contributed by atoms with Crippen LogP contribution in [0.25, 0.3) is 0 Å². The molecule has 0 radical (unpaired) electrons. The quantitative estimate of drug-likeness (QED) is 0.878. The molecule has 0 spiro atoms. The molecule has 1 aromatic rings. The van der Waals surface area contributed by atoms with Gasteiger partial charge in [0.05, 0.1) is 5.75 Å². The fourth-order valence-electron chi connectivity index (χ4n) is 1.47. The Balaban J connectivity index is 2.72. The van der Waals surface area contributed by atoms with E-state index in [-0.39, 0.29) is 11.6 Å². The van der Waals surface area contributed by atoms with Crippen molar-refractivity contribution >= 4 is 15.7 Å². The number of carbonyl (C=O) groups is 1. The van der Waals surface area contributed by atoms with Gasteiger partial charge < -0.3 is 5.32 Å². The Morgan fingerprint density at radius 2 is 1.94 bits per heavy atom. The molecule has 100 valence electrons. The molecule has 0 aliphatic carbocycles. The summed E-state index contributed by atoms with van der Waals surface area (Å²) in [4.78, 5) is 11.4. The van der Waals surface area contributed by atoms with E-state index >= 15 is 0 Å². The van der Waals surface area contributed by atoms with E-state index in [0.29, 0.717) is 0 Å². The number of amides is 1. The first-order chi connectivity index (χ1) is 8.30. The smallest absolute Gasteiger partial charge is 0.235 e. The van der Waals surface area contributed by atoms with Crippen LogP contribution in [0.4, 0.5) is 4.39 Å². The van der Waals surface area contributed by atoms with E-state index in [9.17, 15) is 17.6 Å². The first kappa shape index (κ1) is 14.6. The topological polar surface area (TPSA) is 63.2 Å². The lowest BCUT2D eigenvalue weighted by Crippen LogP contribution is -2.35. The summed E-state index contributed by atoms with van der Waals surface area (Å²) in [5, 5.41) is 2.49. The molecule has 0 heterocycles. The van der Waals surface area contributed by atoms with Crippen molar-refractivity contribution in [3.8, 4) is 0 Å². The summed E-state index contributed by atoms with van der Waals surface area (Å²) in [6, 6.07) is 5.51. The molecule has 0 aliphatic rings. The van der Waals surface area contributed by atoms with Gasteiger partial charge in [0, 0.05) is 11.6 Å². The lowest BCUT2D eigenvalue weighted by molar-refractivity contribution is -0.119. The van der Waals surface area contributed by atoms with Gasteiger partial charge in [-0.2, -0.15) is 0 Å². The lowest BCUT2D eigenvalue weighted by Gasteiger charge is -2.09. The van der Waals surface area contributed by atoms with Gasteiger partial charge in [0.2, 0.25) is 5.91 Å². The first-order valence-corrected chi connectivity index (χ1v) is 7.35. The van der Waals surface area contributed by atoms with Crippen molar-refractivity contribution in [2.45, 2.75) is 25.6 Å². The molecule has 1 rings (SSSR count). The molecule has 0 atom stereocenters. The SMILES string of the molecule is CC(C)NC(=O)CS(=O)(=O)Cc1ccccc1F. The average molecular weight is 273 g/mol. The highest BCUT2D eigenvalue weighted by atomic mass is 32.2. The molecule has 0 saturated heterocycles. The average Bonchev–Trinajstić information content (AvgIpc) is 2.18. The molecule has 1 amide bonds. The van der Waals surface area contributed by atoms with Crippen molar-refractivity contribution in [1.82, 2.24) is 5.32 Å². The Morgan fingerprint density at radius 1 is 1.33 bits per heavy atom. The minimum atomic E-state index is -3.65. The van der Waals surface area contributed by atoms with Gasteiger partial charge in [0.15, 0.2) is 9.84 Å². The third kappa shape index (κ3) is 4.83. The summed E-state index contributed by atoms with van der Waals surface area (Å²) in [5.41, 5.74) is 0.0786. The molecule has 0 fully saturated rings. The third-order valence-corrected chi connectivity index (χ3v) is 3.59. The number of rotatable bonds is 5. The highest BCUT2D eigenvalue weighted by Gasteiger charge is 2.19. The zero-order chi connectivity index (χ0) is 13.8. The van der Waals surface area contributed by atoms with Crippen molar-refractivity contribution in [2.24, 2.45) is 0 Å². The van der Waals surface area contributed by atoms with Gasteiger partial charge in [-0.3, -0.25) is 4.79 Å². The van der Waals surface area contributed by atoms with Gasteiger partial charge in [-0.05, 0) is 19.9 Å². The van der Waals surface area contributed by atoms with Crippen molar-refractivity contribution in [2.75, 3.05) is 5.75 Å². The zero-order valence-corrected chi connectivity index (χ0v) is 11.1. The minimum absolute atomic E-state index is 0.0786. The predicted molar refractivity (Wildman–Crippen MR) is 67.2 cm³/mol. The number of hydrogen-bond acceptors (Lipinski definition) is 3. The molecule has 0 unspecified atom stereocenters. The second-order valence-corrected chi connectivity index (χ2v) is 6.41. The molecule has 0 saturated carbocycles. The number of nitrogens with one attached hydrogen (secondary N) is 1. The van der Waals surface area contributed by atoms with Crippen molar-refractivity contribution in [1.29, 1.82) is 0 Å². The Morgan fingerprint density at radius 3 is 2.50 bits per heavy atom. The molecule has 1 aromatic carbocycles. The molecule has 1 N–H and O–H groups in total. The largest absolute Gasteiger partial charge is 0.353 e. The molecular weight excluding hydrogens is 257 g/mol. The van der Waals surface area contributed by atoms with Gasteiger partial charge in [0.1, 0.15) is 11.6 Å². The van der Waals surface area contributed by atoms with Gasteiger partial charge in [-0.25, -0.2) is 12.8 Å². The van der Waals surface area contributed by atoms with Crippen LogP contribution in [-0.4, -0.2) is 26.1 Å². The zero-order valence-electron chi connectivity index (χ0n) is 10.3. The van der Waals surface area contributed by atoms with Crippen LogP contribution in [-0.2, 0) is 20.4 Å². The number of sulfone groups is 1. The van der Waals surface area contributed by atoms with Crippen LogP contribution in [0, 0.1) is 5.82 Å². The molecule has 6 heteroatoms. The molecule has 0 aliphatic heterocycles. The third-order valence-electron chi connectivity index (χ3n) is 2.13. The van der Waals surface area contributed by atoms with Gasteiger partial charge in [0.25, 0.3) is 0 Å². The van der Waals surface area contributed by atoms with Crippen LogP contribution in [0.2, 0.25) is 0 Å². The maximum atomic E-state index is 13.3. The fraction of sp³-hybridized carbons (Fsp3) is 0.417. The standard InChI is InChI=1S/C12H16FNO3S/c1-9(2)14-12(15)8-18(16,17)7-10-5-3-4-6-11(10)13/h3-6,9H,7-8H2,1-2H3,(H,14,15). The van der Waals surface area contributed by atoms with Crippen LogP contribution >= 0.6 is 0 Å². The van der Waals surface area contributed by atoms with E-state index in [4.69, 9.17) is 0 Å². The Hall–Kier alpha value is -1.43. The second-order valence-electron chi connectivity index (χ2n) is 4.35. The molecular formula is C12H16FNO3S. The minimum Gasteiger partial charge on any atom is -0.353 e. The van der Waals surface area contributed by atoms with E-state index in [1.807, 2.05) is 0 Å². The molecule has 0 bridgehead atoms. The van der Waals surface area contributed by atoms with E-state index < -0.39 is 33.1 Å². The summed E-state index contributed by atoms with van der Waals surface area (Å²) in [6.45, 7) is 3.47. The number of carbonyl (C=O) groups excluding carboxylic acids is 1. The van der Waals surface area contributed by atoms with Crippen LogP contribution in [0.5, 0.6) is 0 Å². The van der Waals surface area contributed by atoms with E-state index in [1.54, 1.807) is 19.9 Å². The van der Waals surface area contributed by atoms with Crippen LogP contribution in [0.15, 0.2) is 24.3 Å². The highest BCUT2D eigenvalue weighted by molar-refractivity contribution is 7.91. The van der Waals surface area contributed by atoms with E-state index in [2.05, 4.69) is 5.32 Å². The maximum Gasteiger partial charge on any atom is 0.235 e. The fourth-order valence-corrected chi connectivity index (χ4v) is 2.76. The molecule has 18 heavy (non-hydrogen) atoms. The molecule has 0 aromatic heterocycles. The summed E-state index contributed by atoms with van der Waals surface area (Å²) in [5.74, 6) is -2.24. The Kier molecular flexibility index (Phi) is 4.84. The molecule has 4 nitrogen and oxygen atoms in total. The number of halogens is 1. The lowest BCUT2D eigenvalue weighted by atomic mass is 10.2. The van der Waals surface area contributed by atoms with E-state index in [0.717, 1.165) is 0 Å². The van der Waals surface area contributed by atoms with Crippen LogP contribution in [0.1, 0.15) is 19.4 Å². The van der Waals surface area contributed by atoms with Gasteiger partial charge >= 0.3 is 0 Å². The second kappa shape index (κ2) is 5.95. The predicted octanol–water partition coefficient (Wildman–Crippen LogP) is 1.27. The first-order valence-electron chi connectivity index (χ1n) is 5.53. The normalized spacial score (nSPS) is 11.6.